The van der Waals surface area contributed by atoms with Gasteiger partial charge in [-0.2, -0.15) is 0 Å². The molecule has 276 valence electrons. The normalized spacial score (nSPS) is 12.6. The van der Waals surface area contributed by atoms with Gasteiger partial charge in [-0.05, 0) is 73.5 Å². The average molecular weight is 753 g/mol. The number of nitrogens with one attached hydrogen (secondary N) is 2. The molecule has 5 heterocycles. The van der Waals surface area contributed by atoms with E-state index in [-0.39, 0.29) is 80.1 Å². The van der Waals surface area contributed by atoms with Crippen LogP contribution in [0.4, 0.5) is 17.6 Å². The van der Waals surface area contributed by atoms with Gasteiger partial charge in [-0.1, -0.05) is 48.5 Å². The fraction of sp³-hybridized carbons (Fsp3) is 0.0455. The zero-order valence-electron chi connectivity index (χ0n) is 29.0. The number of aromatic nitrogens is 4. The van der Waals surface area contributed by atoms with Gasteiger partial charge in [0.05, 0.1) is 22.8 Å². The molecule has 0 fully saturated rings. The lowest BCUT2D eigenvalue weighted by Crippen LogP contribution is -1.95. The van der Waals surface area contributed by atoms with Crippen LogP contribution >= 0.6 is 0 Å². The standard InChI is InChI=1S/C44H28F4N4O4/c45-41-21(5-1-9-33(41)53)37-25-13-15-27(49-25)38(22-6-2-10-34(54)42(22)46)29-17-19-31(51-29)40(24-8-4-12-36(56)44(24)48)32-20-18-30(52-32)39(28-16-14-26(37)50-28)23-7-3-11-35(55)43(23)47/h1-17,19,49,52-56H,18,20H2. The van der Waals surface area contributed by atoms with Gasteiger partial charge in [0.15, 0.2) is 46.3 Å². The number of hydrogen-bond acceptors (Lipinski definition) is 6. The van der Waals surface area contributed by atoms with E-state index in [1.807, 2.05) is 0 Å². The van der Waals surface area contributed by atoms with E-state index in [0.29, 0.717) is 22.4 Å². The predicted octanol–water partition coefficient (Wildman–Crippen LogP) is 10.2. The minimum Gasteiger partial charge on any atom is -0.505 e. The number of aromatic amines is 2. The first-order valence-corrected chi connectivity index (χ1v) is 17.5. The number of fused-ring (bicyclic) bond motifs is 8. The molecule has 8 nitrogen and oxygen atoms in total. The van der Waals surface area contributed by atoms with Crippen LogP contribution in [-0.2, 0) is 12.8 Å². The number of hydrogen-bond donors (Lipinski definition) is 6. The van der Waals surface area contributed by atoms with E-state index < -0.39 is 46.3 Å². The molecule has 12 heteroatoms. The Balaban J connectivity index is 1.51. The van der Waals surface area contributed by atoms with Crippen LogP contribution in [0.2, 0.25) is 0 Å². The average Bonchev–Trinajstić information content (AvgIpc) is 4.03. The fourth-order valence-electron chi connectivity index (χ4n) is 7.50. The summed E-state index contributed by atoms with van der Waals surface area (Å²) in [5.41, 5.74) is 3.40. The molecular weight excluding hydrogens is 724 g/mol. The van der Waals surface area contributed by atoms with Crippen LogP contribution in [0.5, 0.6) is 23.0 Å². The summed E-state index contributed by atoms with van der Waals surface area (Å²) in [7, 11) is 0. The minimum absolute atomic E-state index is 0.0120. The lowest BCUT2D eigenvalue weighted by Gasteiger charge is -2.10. The van der Waals surface area contributed by atoms with Gasteiger partial charge in [-0.25, -0.2) is 27.5 Å². The molecule has 0 amide bonds. The fourth-order valence-corrected chi connectivity index (χ4v) is 7.50. The van der Waals surface area contributed by atoms with Crippen molar-refractivity contribution in [1.29, 1.82) is 0 Å². The van der Waals surface area contributed by atoms with E-state index in [1.165, 1.54) is 72.8 Å². The highest BCUT2D eigenvalue weighted by atomic mass is 19.1. The van der Waals surface area contributed by atoms with E-state index in [0.717, 1.165) is 0 Å². The summed E-state index contributed by atoms with van der Waals surface area (Å²) in [6.07, 6.45) is 6.99. The number of aromatic hydroxyl groups is 4. The van der Waals surface area contributed by atoms with Crippen LogP contribution in [0.15, 0.2) is 84.9 Å². The molecule has 56 heavy (non-hydrogen) atoms. The van der Waals surface area contributed by atoms with Crippen molar-refractivity contribution in [2.45, 2.75) is 12.8 Å². The molecular formula is C44H28F4N4O4. The second-order valence-corrected chi connectivity index (χ2v) is 13.4. The van der Waals surface area contributed by atoms with Gasteiger partial charge in [0.25, 0.3) is 0 Å². The Morgan fingerprint density at radius 1 is 0.393 bits per heavy atom. The number of halogens is 4. The monoisotopic (exact) mass is 752 g/mol. The Morgan fingerprint density at radius 2 is 0.696 bits per heavy atom. The van der Waals surface area contributed by atoms with E-state index in [1.54, 1.807) is 36.4 Å². The zero-order valence-corrected chi connectivity index (χ0v) is 29.0. The van der Waals surface area contributed by atoms with E-state index >= 15 is 17.6 Å². The number of aryl methyl sites for hydroxylation is 2. The van der Waals surface area contributed by atoms with Crippen LogP contribution in [0, 0.1) is 23.3 Å². The Morgan fingerprint density at radius 3 is 1.04 bits per heavy atom. The van der Waals surface area contributed by atoms with Crippen molar-refractivity contribution in [2.75, 3.05) is 0 Å². The number of H-pyrrole nitrogens is 2. The van der Waals surface area contributed by atoms with Crippen molar-refractivity contribution < 1.29 is 38.0 Å². The van der Waals surface area contributed by atoms with Crippen LogP contribution < -0.4 is 0 Å². The largest absolute Gasteiger partial charge is 0.505 e. The maximum absolute atomic E-state index is 15.9. The Kier molecular flexibility index (Phi) is 8.12. The molecule has 8 bridgehead atoms. The summed E-state index contributed by atoms with van der Waals surface area (Å²) in [5, 5.41) is 41.8. The quantitative estimate of drug-likeness (QED) is 0.0990. The van der Waals surface area contributed by atoms with Crippen molar-refractivity contribution in [1.82, 2.24) is 19.9 Å². The number of phenols is 4. The first kappa shape index (κ1) is 34.4. The number of benzene rings is 4. The Hall–Kier alpha value is -7.34. The van der Waals surface area contributed by atoms with Crippen molar-refractivity contribution in [3.8, 4) is 67.5 Å². The molecule has 0 spiro atoms. The third-order valence-corrected chi connectivity index (χ3v) is 10.1. The SMILES string of the molecule is Oc1cccc(-c2c3nc(c(-c4cccc(O)c4F)c4ccc([nH]4)c(-c4cccc(O)c4F)c4nc(c(-c5cccc(O)c5F)c5[nH]c2CC5)C=C4)C=C3)c1F. The first-order chi connectivity index (χ1) is 27.1. The van der Waals surface area contributed by atoms with E-state index in [4.69, 9.17) is 9.97 Å². The summed E-state index contributed by atoms with van der Waals surface area (Å²) in [6, 6.07) is 19.9. The third-order valence-electron chi connectivity index (χ3n) is 10.1. The Bertz CT molecular complexity index is 2740. The predicted molar refractivity (Wildman–Crippen MR) is 206 cm³/mol. The third kappa shape index (κ3) is 5.53. The summed E-state index contributed by atoms with van der Waals surface area (Å²) >= 11 is 0. The number of rotatable bonds is 4. The minimum atomic E-state index is -0.931. The molecule has 0 aliphatic carbocycles. The van der Waals surface area contributed by atoms with Gasteiger partial charge >= 0.3 is 0 Å². The second-order valence-electron chi connectivity index (χ2n) is 13.4. The highest BCUT2D eigenvalue weighted by molar-refractivity contribution is 5.97. The molecule has 3 aliphatic rings. The van der Waals surface area contributed by atoms with Crippen LogP contribution in [0.3, 0.4) is 0 Å². The molecule has 2 aromatic heterocycles. The maximum atomic E-state index is 15.9. The van der Waals surface area contributed by atoms with Crippen molar-refractivity contribution in [2.24, 2.45) is 0 Å². The van der Waals surface area contributed by atoms with Crippen LogP contribution in [0.1, 0.15) is 34.2 Å². The van der Waals surface area contributed by atoms with Gasteiger partial charge in [-0.3, -0.25) is 0 Å². The van der Waals surface area contributed by atoms with Crippen LogP contribution in [0.25, 0.3) is 79.8 Å². The molecule has 0 saturated carbocycles. The number of phenolic OH excluding ortho intramolecular Hbond substituents is 4. The van der Waals surface area contributed by atoms with E-state index in [9.17, 15) is 20.4 Å². The summed E-state index contributed by atoms with van der Waals surface area (Å²) in [4.78, 5) is 16.4. The van der Waals surface area contributed by atoms with Gasteiger partial charge in [0, 0.05) is 66.9 Å². The molecule has 0 unspecified atom stereocenters. The second kappa shape index (κ2) is 13.2. The lowest BCUT2D eigenvalue weighted by molar-refractivity contribution is 0.433. The highest BCUT2D eigenvalue weighted by Crippen LogP contribution is 2.42. The smallest absolute Gasteiger partial charge is 0.172 e. The maximum Gasteiger partial charge on any atom is 0.172 e. The molecule has 4 aromatic carbocycles. The lowest BCUT2D eigenvalue weighted by atomic mass is 9.98. The van der Waals surface area contributed by atoms with Crippen molar-refractivity contribution in [3.63, 3.8) is 0 Å². The van der Waals surface area contributed by atoms with Crippen molar-refractivity contribution >= 4 is 35.3 Å². The summed E-state index contributed by atoms with van der Waals surface area (Å²) in [5.74, 6) is -6.09. The molecule has 0 atom stereocenters. The van der Waals surface area contributed by atoms with Gasteiger partial charge in [-0.15, -0.1) is 0 Å². The molecule has 0 saturated heterocycles. The number of nitrogens with zero attached hydrogens (tertiary/aromatic N) is 2. The molecule has 6 aromatic rings. The van der Waals surface area contributed by atoms with Gasteiger partial charge in [0.2, 0.25) is 0 Å². The zero-order chi connectivity index (χ0) is 38.8. The highest BCUT2D eigenvalue weighted by Gasteiger charge is 2.26. The molecule has 3 aliphatic heterocycles. The Labute approximate surface area is 315 Å². The molecule has 9 rings (SSSR count). The van der Waals surface area contributed by atoms with Gasteiger partial charge in [0.1, 0.15) is 0 Å². The topological polar surface area (TPSA) is 138 Å². The van der Waals surface area contributed by atoms with Gasteiger partial charge < -0.3 is 30.4 Å². The molecule has 0 radical (unpaired) electrons. The van der Waals surface area contributed by atoms with E-state index in [2.05, 4.69) is 9.97 Å². The summed E-state index contributed by atoms with van der Waals surface area (Å²) < 4.78 is 63.5. The summed E-state index contributed by atoms with van der Waals surface area (Å²) in [6.45, 7) is 0. The van der Waals surface area contributed by atoms with Crippen molar-refractivity contribution in [3.05, 3.63) is 142 Å². The first-order valence-electron chi connectivity index (χ1n) is 17.5. The van der Waals surface area contributed by atoms with Crippen LogP contribution in [-0.4, -0.2) is 40.4 Å². The molecule has 6 N–H and O–H groups in total.